The molecule has 64 heavy (non-hydrogen) atoms. The van der Waals surface area contributed by atoms with E-state index < -0.39 is 11.6 Å². The Morgan fingerprint density at radius 1 is 0.562 bits per heavy atom. The Morgan fingerprint density at radius 2 is 1.20 bits per heavy atom. The third kappa shape index (κ3) is 7.88. The van der Waals surface area contributed by atoms with Crippen LogP contribution in [0.15, 0.2) is 158 Å². The SMILES string of the molecule is CC(C)(C)c1ccnc(-n2c3[c-]c(Oc4[c-]c(N5[CH-]N(c6ccccc6-c6cc(F)cc(F)c6)c6ccccc65)cc(-c5ccccc5C(C)(C)C)c4)ccc3c3ccccc32)c1.[Pt]. The monoisotopic (exact) mass is 1020 g/mol. The molecule has 0 amide bonds. The first-order valence-electron chi connectivity index (χ1n) is 21.2. The molecule has 7 aromatic carbocycles. The number of aromatic nitrogens is 2. The fourth-order valence-electron chi connectivity index (χ4n) is 8.69. The summed E-state index contributed by atoms with van der Waals surface area (Å²) in [6.07, 6.45) is 1.88. The van der Waals surface area contributed by atoms with Crippen LogP contribution in [0.5, 0.6) is 11.5 Å². The van der Waals surface area contributed by atoms with E-state index in [0.29, 0.717) is 22.6 Å². The Hall–Kier alpha value is -6.56. The Kier molecular flexibility index (Phi) is 11.0. The van der Waals surface area contributed by atoms with E-state index in [1.54, 1.807) is 0 Å². The molecule has 0 unspecified atom stereocenters. The smallest absolute Gasteiger partial charge is 0.135 e. The fourth-order valence-corrected chi connectivity index (χ4v) is 8.69. The molecule has 8 heteroatoms. The summed E-state index contributed by atoms with van der Waals surface area (Å²) in [6.45, 7) is 15.3. The van der Waals surface area contributed by atoms with Gasteiger partial charge in [-0.25, -0.2) is 13.8 Å². The van der Waals surface area contributed by atoms with Gasteiger partial charge in [0.15, 0.2) is 0 Å². The number of ether oxygens (including phenoxy) is 1. The second-order valence-electron chi connectivity index (χ2n) is 18.1. The van der Waals surface area contributed by atoms with Crippen molar-refractivity contribution in [3.05, 3.63) is 199 Å². The summed E-state index contributed by atoms with van der Waals surface area (Å²) in [6, 6.07) is 56.0. The van der Waals surface area contributed by atoms with Gasteiger partial charge in [-0.2, -0.15) is 6.07 Å². The van der Waals surface area contributed by atoms with Gasteiger partial charge >= 0.3 is 0 Å². The van der Waals surface area contributed by atoms with Crippen LogP contribution in [0.3, 0.4) is 0 Å². The number of para-hydroxylation sites is 4. The van der Waals surface area contributed by atoms with Crippen LogP contribution in [0.4, 0.5) is 31.5 Å². The number of hydrogen-bond donors (Lipinski definition) is 0. The second kappa shape index (κ2) is 16.5. The molecule has 0 bridgehead atoms. The molecule has 0 aliphatic carbocycles. The van der Waals surface area contributed by atoms with Crippen LogP contribution in [-0.4, -0.2) is 9.55 Å². The maximum Gasteiger partial charge on any atom is 0.135 e. The zero-order valence-electron chi connectivity index (χ0n) is 36.4. The maximum atomic E-state index is 14.6. The van der Waals surface area contributed by atoms with E-state index in [0.717, 1.165) is 67.6 Å². The van der Waals surface area contributed by atoms with Gasteiger partial charge in [0.1, 0.15) is 17.5 Å². The maximum absolute atomic E-state index is 14.6. The first-order valence-corrected chi connectivity index (χ1v) is 21.2. The Labute approximate surface area is 387 Å². The standard InChI is InChI=1S/C56H45F2N4O.Pt/c1-55(2,3)38-25-26-59-54(31-38)62-50-20-12-9-17-46(50)47-24-23-42(34-53(47)62)63-43-30-37(44-15-7-10-18-48(44)56(4,5)6)29-41(33-43)60-35-61(52-22-14-13-21-51(52)60)49-19-11-8-16-45(49)36-27-39(57)32-40(58)28-36;/h7-32,35H,1-6H3;/q-3;. The molecule has 0 saturated heterocycles. The summed E-state index contributed by atoms with van der Waals surface area (Å²) in [5.74, 6) is 0.591. The van der Waals surface area contributed by atoms with E-state index in [1.807, 2.05) is 67.5 Å². The van der Waals surface area contributed by atoms with Crippen LogP contribution in [0.1, 0.15) is 52.7 Å². The number of hydrogen-bond acceptors (Lipinski definition) is 4. The van der Waals surface area contributed by atoms with Crippen molar-refractivity contribution < 1.29 is 34.6 Å². The molecule has 5 nitrogen and oxygen atoms in total. The van der Waals surface area contributed by atoms with Gasteiger partial charge in [0.05, 0.1) is 0 Å². The van der Waals surface area contributed by atoms with Gasteiger partial charge in [0.25, 0.3) is 0 Å². The van der Waals surface area contributed by atoms with Crippen LogP contribution in [-0.2, 0) is 31.9 Å². The Balaban J connectivity index is 0.00000518. The normalized spacial score (nSPS) is 12.8. The van der Waals surface area contributed by atoms with E-state index in [1.165, 1.54) is 23.3 Å². The van der Waals surface area contributed by atoms with Gasteiger partial charge in [-0.15, -0.1) is 53.6 Å². The molecule has 3 heterocycles. The minimum atomic E-state index is -0.633. The summed E-state index contributed by atoms with van der Waals surface area (Å²) in [5.41, 5.74) is 10.5. The van der Waals surface area contributed by atoms with Gasteiger partial charge < -0.3 is 19.1 Å². The number of rotatable bonds is 7. The second-order valence-corrected chi connectivity index (χ2v) is 18.1. The van der Waals surface area contributed by atoms with E-state index in [4.69, 9.17) is 9.72 Å². The van der Waals surface area contributed by atoms with Crippen molar-refractivity contribution in [3.63, 3.8) is 0 Å². The van der Waals surface area contributed by atoms with Crippen molar-refractivity contribution >= 4 is 44.6 Å². The van der Waals surface area contributed by atoms with Gasteiger partial charge in [-0.1, -0.05) is 120 Å². The summed E-state index contributed by atoms with van der Waals surface area (Å²) in [7, 11) is 0. The number of anilines is 4. The van der Waals surface area contributed by atoms with Crippen LogP contribution in [0.2, 0.25) is 0 Å². The predicted molar refractivity (Wildman–Crippen MR) is 252 cm³/mol. The van der Waals surface area contributed by atoms with Crippen molar-refractivity contribution in [3.8, 4) is 39.6 Å². The zero-order chi connectivity index (χ0) is 43.6. The molecule has 9 aromatic rings. The number of fused-ring (bicyclic) bond motifs is 4. The first-order chi connectivity index (χ1) is 30.3. The molecular formula is C56H45F2N4OPt-3. The molecule has 1 aliphatic heterocycles. The van der Waals surface area contributed by atoms with Crippen LogP contribution in [0.25, 0.3) is 49.9 Å². The van der Waals surface area contributed by atoms with Gasteiger partial charge in [0, 0.05) is 73.0 Å². The van der Waals surface area contributed by atoms with Crippen LogP contribution in [0, 0.1) is 30.4 Å². The van der Waals surface area contributed by atoms with Crippen LogP contribution >= 0.6 is 0 Å². The molecular weight excluding hydrogens is 978 g/mol. The molecule has 322 valence electrons. The number of benzene rings is 7. The van der Waals surface area contributed by atoms with E-state index >= 15 is 0 Å². The molecule has 0 radical (unpaired) electrons. The Morgan fingerprint density at radius 3 is 1.94 bits per heavy atom. The predicted octanol–water partition coefficient (Wildman–Crippen LogP) is 15.2. The third-order valence-corrected chi connectivity index (χ3v) is 11.7. The minimum Gasteiger partial charge on any atom is -0.509 e. The van der Waals surface area contributed by atoms with Crippen molar-refractivity contribution in [2.45, 2.75) is 52.4 Å². The molecule has 10 rings (SSSR count). The number of halogens is 2. The summed E-state index contributed by atoms with van der Waals surface area (Å²) < 4.78 is 38.2. The quantitative estimate of drug-likeness (QED) is 0.149. The summed E-state index contributed by atoms with van der Waals surface area (Å²) >= 11 is 0. The largest absolute Gasteiger partial charge is 0.509 e. The molecule has 2 aromatic heterocycles. The van der Waals surface area contributed by atoms with Crippen LogP contribution < -0.4 is 14.5 Å². The number of pyridine rings is 1. The molecule has 0 N–H and O–H groups in total. The summed E-state index contributed by atoms with van der Waals surface area (Å²) in [4.78, 5) is 9.01. The third-order valence-electron chi connectivity index (χ3n) is 11.7. The topological polar surface area (TPSA) is 33.5 Å². The molecule has 1 aliphatic rings. The average molecular weight is 1020 g/mol. The van der Waals surface area contributed by atoms with Crippen molar-refractivity contribution in [1.82, 2.24) is 9.55 Å². The molecule has 0 saturated carbocycles. The van der Waals surface area contributed by atoms with Gasteiger partial charge in [0.2, 0.25) is 0 Å². The average Bonchev–Trinajstić information content (AvgIpc) is 3.81. The zero-order valence-corrected chi connectivity index (χ0v) is 38.6. The molecule has 0 atom stereocenters. The molecule has 0 fully saturated rings. The first kappa shape index (κ1) is 42.7. The van der Waals surface area contributed by atoms with E-state index in [2.05, 4.69) is 147 Å². The minimum absolute atomic E-state index is 0. The summed E-state index contributed by atoms with van der Waals surface area (Å²) in [5, 5.41) is 2.15. The van der Waals surface area contributed by atoms with E-state index in [-0.39, 0.29) is 31.9 Å². The van der Waals surface area contributed by atoms with E-state index in [9.17, 15) is 8.78 Å². The molecule has 0 spiro atoms. The fraction of sp³-hybridized carbons (Fsp3) is 0.143. The van der Waals surface area contributed by atoms with Crippen molar-refractivity contribution in [2.75, 3.05) is 9.80 Å². The van der Waals surface area contributed by atoms with Crippen molar-refractivity contribution in [2.24, 2.45) is 0 Å². The Bertz CT molecular complexity index is 3200. The van der Waals surface area contributed by atoms with Gasteiger partial charge in [-0.05, 0) is 87.0 Å². The van der Waals surface area contributed by atoms with Gasteiger partial charge in [-0.3, -0.25) is 0 Å². The van der Waals surface area contributed by atoms with Crippen molar-refractivity contribution in [1.29, 1.82) is 0 Å². The number of nitrogens with zero attached hydrogens (tertiary/aromatic N) is 4.